The molecule has 6 nitrogen and oxygen atoms in total. The Hall–Kier alpha value is -3.28. The number of carboxylic acid groups (broad SMARTS) is 1. The monoisotopic (exact) mass is 325 g/mol. The zero-order chi connectivity index (χ0) is 17.1. The van der Waals surface area contributed by atoms with E-state index < -0.39 is 11.9 Å². The molecule has 2 heterocycles. The number of hydrogen-bond donors (Lipinski definition) is 1. The Morgan fingerprint density at radius 1 is 1.25 bits per heavy atom. The van der Waals surface area contributed by atoms with E-state index in [1.54, 1.807) is 16.7 Å². The van der Waals surface area contributed by atoms with Crippen LogP contribution in [-0.4, -0.2) is 28.7 Å². The van der Waals surface area contributed by atoms with Crippen molar-refractivity contribution >= 4 is 29.1 Å². The van der Waals surface area contributed by atoms with Gasteiger partial charge in [-0.3, -0.25) is 0 Å². The van der Waals surface area contributed by atoms with Crippen molar-refractivity contribution in [3.63, 3.8) is 0 Å². The molecule has 0 radical (unpaired) electrons. The lowest BCUT2D eigenvalue weighted by Crippen LogP contribution is -2.11. The molecule has 0 saturated carbocycles. The average molecular weight is 325 g/mol. The van der Waals surface area contributed by atoms with Gasteiger partial charge in [-0.1, -0.05) is 30.3 Å². The quantitative estimate of drug-likeness (QED) is 0.575. The summed E-state index contributed by atoms with van der Waals surface area (Å²) >= 11 is 0. The number of methoxy groups -OCH3 is 1. The van der Waals surface area contributed by atoms with Crippen molar-refractivity contribution in [2.45, 2.75) is 6.54 Å². The number of ether oxygens (including phenoxy) is 1. The second-order valence-corrected chi connectivity index (χ2v) is 5.16. The van der Waals surface area contributed by atoms with E-state index in [0.717, 1.165) is 11.6 Å². The molecule has 0 aliphatic carbocycles. The summed E-state index contributed by atoms with van der Waals surface area (Å²) in [5, 5.41) is 8.70. The molecule has 0 spiro atoms. The molecule has 2 aromatic heterocycles. The van der Waals surface area contributed by atoms with Gasteiger partial charge in [-0.05, 0) is 11.6 Å². The van der Waals surface area contributed by atoms with E-state index in [2.05, 4.69) is 0 Å². The Labute approximate surface area is 137 Å². The van der Waals surface area contributed by atoms with E-state index in [9.17, 15) is 9.59 Å². The summed E-state index contributed by atoms with van der Waals surface area (Å²) in [7, 11) is 1.32. The van der Waals surface area contributed by atoms with Gasteiger partial charge in [0.05, 0.1) is 12.6 Å². The molecule has 3 rings (SSSR count). The number of carbonyl (C=O) groups excluding carboxylic acids is 1. The lowest BCUT2D eigenvalue weighted by atomic mass is 10.2. The molecule has 0 atom stereocenters. The van der Waals surface area contributed by atoms with Crippen molar-refractivity contribution in [3.8, 4) is 0 Å². The van der Waals surface area contributed by atoms with Crippen molar-refractivity contribution in [2.24, 2.45) is 0 Å². The summed E-state index contributed by atoms with van der Waals surface area (Å²) in [6.45, 7) is 0.469. The number of carbonyl (C=O) groups is 2. The zero-order valence-corrected chi connectivity index (χ0v) is 12.9. The number of furan rings is 1. The number of nitrogens with zero attached hydrogens (tertiary/aromatic N) is 1. The van der Waals surface area contributed by atoms with E-state index in [1.165, 1.54) is 13.2 Å². The van der Waals surface area contributed by atoms with Gasteiger partial charge in [0.25, 0.3) is 0 Å². The maximum Gasteiger partial charge on any atom is 0.354 e. The van der Waals surface area contributed by atoms with Crippen LogP contribution in [0.2, 0.25) is 0 Å². The normalized spacial score (nSPS) is 11.2. The van der Waals surface area contributed by atoms with Crippen molar-refractivity contribution in [1.29, 1.82) is 0 Å². The van der Waals surface area contributed by atoms with Crippen LogP contribution in [0.1, 0.15) is 21.8 Å². The Kier molecular flexibility index (Phi) is 4.20. The summed E-state index contributed by atoms with van der Waals surface area (Å²) in [5.74, 6) is -1.11. The lowest BCUT2D eigenvalue weighted by molar-refractivity contribution is -0.131. The van der Waals surface area contributed by atoms with Crippen molar-refractivity contribution in [2.75, 3.05) is 7.11 Å². The predicted molar refractivity (Wildman–Crippen MR) is 87.8 cm³/mol. The molecule has 0 unspecified atom stereocenters. The van der Waals surface area contributed by atoms with Crippen LogP contribution < -0.4 is 0 Å². The van der Waals surface area contributed by atoms with Gasteiger partial charge in [0, 0.05) is 24.8 Å². The highest BCUT2D eigenvalue weighted by Crippen LogP contribution is 2.26. The second-order valence-electron chi connectivity index (χ2n) is 5.16. The van der Waals surface area contributed by atoms with Gasteiger partial charge < -0.3 is 18.8 Å². The van der Waals surface area contributed by atoms with Crippen LogP contribution in [0.15, 0.2) is 53.0 Å². The fourth-order valence-electron chi connectivity index (χ4n) is 2.51. The number of aromatic nitrogens is 1. The molecule has 0 amide bonds. The first-order valence-corrected chi connectivity index (χ1v) is 7.25. The summed E-state index contributed by atoms with van der Waals surface area (Å²) < 4.78 is 12.2. The average Bonchev–Trinajstić information content (AvgIpc) is 3.12. The maximum absolute atomic E-state index is 12.0. The number of esters is 1. The number of rotatable bonds is 5. The molecule has 0 saturated heterocycles. The molecular weight excluding hydrogens is 310 g/mol. The molecule has 3 aromatic rings. The van der Waals surface area contributed by atoms with Gasteiger partial charge in [0.2, 0.25) is 0 Å². The van der Waals surface area contributed by atoms with Gasteiger partial charge in [-0.15, -0.1) is 0 Å². The lowest BCUT2D eigenvalue weighted by Gasteiger charge is -2.08. The molecule has 1 aromatic carbocycles. The summed E-state index contributed by atoms with van der Waals surface area (Å²) in [4.78, 5) is 22.6. The van der Waals surface area contributed by atoms with Gasteiger partial charge in [0.1, 0.15) is 11.5 Å². The SMILES string of the molecule is COC(=O)c1cc2oc(C=CC(=O)O)cc2n1Cc1ccccc1. The van der Waals surface area contributed by atoms with Crippen molar-refractivity contribution in [1.82, 2.24) is 4.57 Å². The van der Waals surface area contributed by atoms with Crippen molar-refractivity contribution in [3.05, 3.63) is 65.6 Å². The third-order valence-electron chi connectivity index (χ3n) is 3.58. The minimum absolute atomic E-state index is 0.379. The molecule has 24 heavy (non-hydrogen) atoms. The topological polar surface area (TPSA) is 81.7 Å². The number of hydrogen-bond acceptors (Lipinski definition) is 4. The third kappa shape index (κ3) is 3.08. The van der Waals surface area contributed by atoms with Crippen LogP contribution in [0.25, 0.3) is 17.2 Å². The Morgan fingerprint density at radius 3 is 2.67 bits per heavy atom. The second kappa shape index (κ2) is 6.45. The Bertz CT molecular complexity index is 918. The molecule has 0 aliphatic rings. The minimum Gasteiger partial charge on any atom is -0.478 e. The van der Waals surface area contributed by atoms with Crippen LogP contribution in [0.4, 0.5) is 0 Å². The fourth-order valence-corrected chi connectivity index (χ4v) is 2.51. The fraction of sp³-hybridized carbons (Fsp3) is 0.111. The highest BCUT2D eigenvalue weighted by Gasteiger charge is 2.19. The van der Waals surface area contributed by atoms with Crippen LogP contribution in [0, 0.1) is 0 Å². The third-order valence-corrected chi connectivity index (χ3v) is 3.58. The van der Waals surface area contributed by atoms with E-state index in [-0.39, 0.29) is 0 Å². The Morgan fingerprint density at radius 2 is 2.00 bits per heavy atom. The van der Waals surface area contributed by atoms with Crippen LogP contribution >= 0.6 is 0 Å². The molecular formula is C18H15NO5. The van der Waals surface area contributed by atoms with E-state index in [1.807, 2.05) is 30.3 Å². The first kappa shape index (κ1) is 15.6. The first-order chi connectivity index (χ1) is 11.6. The van der Waals surface area contributed by atoms with E-state index >= 15 is 0 Å². The highest BCUT2D eigenvalue weighted by atomic mass is 16.5. The summed E-state index contributed by atoms with van der Waals surface area (Å²) in [6, 6.07) is 13.0. The van der Waals surface area contributed by atoms with Crippen molar-refractivity contribution < 1.29 is 23.8 Å². The largest absolute Gasteiger partial charge is 0.478 e. The smallest absolute Gasteiger partial charge is 0.354 e. The molecule has 6 heteroatoms. The van der Waals surface area contributed by atoms with E-state index in [4.69, 9.17) is 14.3 Å². The summed E-state index contributed by atoms with van der Waals surface area (Å²) in [5.41, 5.74) is 2.59. The maximum atomic E-state index is 12.0. The van der Waals surface area contributed by atoms with Crippen LogP contribution in [-0.2, 0) is 16.1 Å². The number of benzene rings is 1. The Balaban J connectivity index is 2.07. The molecule has 0 bridgehead atoms. The molecule has 0 aliphatic heterocycles. The standard InChI is InChI=1S/C18H15NO5/c1-23-18(22)15-10-16-14(9-13(24-16)7-8-17(20)21)19(15)11-12-5-3-2-4-6-12/h2-10H,11H2,1H3,(H,20,21). The number of aliphatic carboxylic acids is 1. The van der Waals surface area contributed by atoms with Crippen LogP contribution in [0.5, 0.6) is 0 Å². The first-order valence-electron chi connectivity index (χ1n) is 7.25. The number of carboxylic acids is 1. The zero-order valence-electron chi connectivity index (χ0n) is 12.9. The van der Waals surface area contributed by atoms with Gasteiger partial charge in [-0.25, -0.2) is 9.59 Å². The molecule has 122 valence electrons. The summed E-state index contributed by atoms with van der Waals surface area (Å²) in [6.07, 6.45) is 2.37. The van der Waals surface area contributed by atoms with Gasteiger partial charge in [-0.2, -0.15) is 0 Å². The number of fused-ring (bicyclic) bond motifs is 1. The highest BCUT2D eigenvalue weighted by molar-refractivity contribution is 5.95. The molecule has 1 N–H and O–H groups in total. The minimum atomic E-state index is -1.06. The van der Waals surface area contributed by atoms with Crippen LogP contribution in [0.3, 0.4) is 0 Å². The molecule has 0 fully saturated rings. The predicted octanol–water partition coefficient (Wildman–Crippen LogP) is 3.17. The van der Waals surface area contributed by atoms with Gasteiger partial charge >= 0.3 is 11.9 Å². The van der Waals surface area contributed by atoms with Gasteiger partial charge in [0.15, 0.2) is 5.58 Å². The van der Waals surface area contributed by atoms with E-state index in [0.29, 0.717) is 29.1 Å².